The van der Waals surface area contributed by atoms with Crippen LogP contribution in [0.25, 0.3) is 0 Å². The van der Waals surface area contributed by atoms with E-state index in [9.17, 15) is 14.5 Å². The normalized spacial score (nSPS) is 12.3. The molecule has 1 rings (SSSR count). The highest BCUT2D eigenvalue weighted by molar-refractivity contribution is 5.98. The molecule has 1 atom stereocenters. The van der Waals surface area contributed by atoms with E-state index in [4.69, 9.17) is 4.74 Å². The van der Waals surface area contributed by atoms with Crippen LogP contribution < -0.4 is 5.32 Å². The molecule has 6 heteroatoms. The molecule has 22 heavy (non-hydrogen) atoms. The topological polar surface area (TPSA) is 84.8 Å². The monoisotopic (exact) mass is 306 g/mol. The maximum absolute atomic E-state index is 12.2. The summed E-state index contributed by atoms with van der Waals surface area (Å²) in [5.74, 6) is -2.47. The van der Waals surface area contributed by atoms with Crippen LogP contribution in [0.4, 0.5) is 0 Å². The predicted octanol–water partition coefficient (Wildman–Crippen LogP) is 2.07. The molecule has 1 N–H and O–H groups in total. The van der Waals surface area contributed by atoms with Crippen molar-refractivity contribution in [2.75, 3.05) is 13.2 Å². The maximum Gasteiger partial charge on any atom is 0.320 e. The number of benzene rings is 1. The third-order valence-electron chi connectivity index (χ3n) is 3.10. The van der Waals surface area contributed by atoms with Crippen molar-refractivity contribution >= 4 is 11.9 Å². The lowest BCUT2D eigenvalue weighted by molar-refractivity contribution is -0.152. The van der Waals surface area contributed by atoms with E-state index in [0.717, 1.165) is 5.56 Å². The van der Waals surface area contributed by atoms with E-state index in [2.05, 4.69) is 10.5 Å². The van der Waals surface area contributed by atoms with Crippen molar-refractivity contribution in [2.24, 2.45) is 11.1 Å². The van der Waals surface area contributed by atoms with Gasteiger partial charge in [-0.1, -0.05) is 35.5 Å². The molecular weight excluding hydrogens is 284 g/mol. The lowest BCUT2D eigenvalue weighted by Gasteiger charge is -2.28. The fourth-order valence-electron chi connectivity index (χ4n) is 2.15. The number of esters is 1. The van der Waals surface area contributed by atoms with Crippen LogP contribution in [0.15, 0.2) is 35.5 Å². The number of nitrogens with zero attached hydrogens (tertiary/aromatic N) is 1. The van der Waals surface area contributed by atoms with E-state index >= 15 is 0 Å². The summed E-state index contributed by atoms with van der Waals surface area (Å²) in [6.07, 6.45) is 0.601. The third kappa shape index (κ3) is 5.63. The van der Waals surface area contributed by atoms with Gasteiger partial charge in [-0.05, 0) is 32.8 Å². The largest absolute Gasteiger partial charge is 0.465 e. The molecule has 1 aromatic rings. The number of carbonyl (C=O) groups is 2. The first-order chi connectivity index (χ1) is 10.4. The number of rotatable bonds is 8. The quantitative estimate of drug-likeness (QED) is 0.452. The Bertz CT molecular complexity index is 514. The van der Waals surface area contributed by atoms with Crippen molar-refractivity contribution in [2.45, 2.75) is 32.7 Å². The molecule has 0 heterocycles. The highest BCUT2D eigenvalue weighted by Gasteiger charge is 2.32. The zero-order valence-electron chi connectivity index (χ0n) is 13.2. The molecule has 6 nitrogen and oxygen atoms in total. The van der Waals surface area contributed by atoms with Crippen LogP contribution in [0.2, 0.25) is 0 Å². The van der Waals surface area contributed by atoms with Crippen molar-refractivity contribution in [3.8, 4) is 0 Å². The van der Waals surface area contributed by atoms with Gasteiger partial charge in [-0.15, -0.1) is 0 Å². The van der Waals surface area contributed by atoms with Crippen LogP contribution in [-0.4, -0.2) is 30.6 Å². The maximum atomic E-state index is 12.2. The van der Waals surface area contributed by atoms with E-state index in [-0.39, 0.29) is 6.61 Å². The Kier molecular flexibility index (Phi) is 6.69. The van der Waals surface area contributed by atoms with E-state index in [1.54, 1.807) is 6.92 Å². The smallest absolute Gasteiger partial charge is 0.320 e. The van der Waals surface area contributed by atoms with Crippen molar-refractivity contribution in [1.82, 2.24) is 5.32 Å². The van der Waals surface area contributed by atoms with Gasteiger partial charge in [-0.3, -0.25) is 9.59 Å². The third-order valence-corrected chi connectivity index (χ3v) is 3.10. The first kappa shape index (κ1) is 17.8. The van der Waals surface area contributed by atoms with E-state index < -0.39 is 29.9 Å². The van der Waals surface area contributed by atoms with Crippen LogP contribution in [-0.2, 0) is 20.7 Å². The minimum Gasteiger partial charge on any atom is -0.465 e. The Morgan fingerprint density at radius 1 is 1.27 bits per heavy atom. The molecule has 120 valence electrons. The summed E-state index contributed by atoms with van der Waals surface area (Å²) < 4.78 is 4.81. The van der Waals surface area contributed by atoms with Gasteiger partial charge < -0.3 is 10.1 Å². The second-order valence-electron chi connectivity index (χ2n) is 5.65. The van der Waals surface area contributed by atoms with Crippen LogP contribution in [0.5, 0.6) is 0 Å². The number of ether oxygens (including phenoxy) is 1. The fourth-order valence-corrected chi connectivity index (χ4v) is 2.15. The average Bonchev–Trinajstić information content (AvgIpc) is 2.44. The van der Waals surface area contributed by atoms with Crippen LogP contribution in [0.1, 0.15) is 26.3 Å². The molecule has 0 radical (unpaired) electrons. The zero-order chi connectivity index (χ0) is 16.6. The second kappa shape index (κ2) is 8.26. The molecular formula is C16H22N2O4. The number of carbonyl (C=O) groups excluding carboxylic acids is 2. The first-order valence-corrected chi connectivity index (χ1v) is 7.21. The molecule has 0 fully saturated rings. The Morgan fingerprint density at radius 3 is 2.45 bits per heavy atom. The number of hydrogen-bond acceptors (Lipinski definition) is 5. The molecule has 0 aliphatic carbocycles. The van der Waals surface area contributed by atoms with Crippen molar-refractivity contribution < 1.29 is 14.3 Å². The van der Waals surface area contributed by atoms with Crippen LogP contribution in [0, 0.1) is 10.8 Å². The summed E-state index contributed by atoms with van der Waals surface area (Å²) in [6.45, 7) is 5.07. The van der Waals surface area contributed by atoms with Gasteiger partial charge in [0.15, 0.2) is 5.92 Å². The van der Waals surface area contributed by atoms with Gasteiger partial charge in [-0.25, -0.2) is 0 Å². The number of nitroso groups, excluding NO2 is 1. The molecule has 0 aromatic heterocycles. The number of nitrogens with one attached hydrogen (secondary N) is 1. The van der Waals surface area contributed by atoms with E-state index in [1.165, 1.54) is 0 Å². The lowest BCUT2D eigenvalue weighted by Crippen LogP contribution is -2.50. The minimum absolute atomic E-state index is 0.148. The highest BCUT2D eigenvalue weighted by atomic mass is 16.5. The second-order valence-corrected chi connectivity index (χ2v) is 5.65. The van der Waals surface area contributed by atoms with Crippen molar-refractivity contribution in [3.05, 3.63) is 40.8 Å². The van der Waals surface area contributed by atoms with E-state index in [1.807, 2.05) is 44.2 Å². The van der Waals surface area contributed by atoms with Gasteiger partial charge in [0.05, 0.1) is 6.61 Å². The summed E-state index contributed by atoms with van der Waals surface area (Å²) in [6, 6.07) is 9.69. The van der Waals surface area contributed by atoms with Crippen molar-refractivity contribution in [1.29, 1.82) is 0 Å². The Hall–Kier alpha value is -2.24. The minimum atomic E-state index is -1.20. The molecule has 0 bridgehead atoms. The van der Waals surface area contributed by atoms with Crippen molar-refractivity contribution in [3.63, 3.8) is 0 Å². The molecule has 0 aliphatic rings. The van der Waals surface area contributed by atoms with Crippen LogP contribution in [0.3, 0.4) is 0 Å². The highest BCUT2D eigenvalue weighted by Crippen LogP contribution is 2.14. The van der Waals surface area contributed by atoms with Gasteiger partial charge in [0.2, 0.25) is 5.91 Å². The zero-order valence-corrected chi connectivity index (χ0v) is 13.2. The molecule has 1 amide bonds. The Balaban J connectivity index is 2.74. The van der Waals surface area contributed by atoms with Gasteiger partial charge in [0.25, 0.3) is 0 Å². The Labute approximate surface area is 130 Å². The first-order valence-electron chi connectivity index (χ1n) is 7.21. The molecule has 0 saturated heterocycles. The lowest BCUT2D eigenvalue weighted by atomic mass is 9.94. The van der Waals surface area contributed by atoms with Crippen LogP contribution >= 0.6 is 0 Å². The summed E-state index contributed by atoms with van der Waals surface area (Å²) in [7, 11) is 0. The standard InChI is InChI=1S/C16H22N2O4/c1-4-22-15(20)13(11-17-21)14(19)18-16(2,3)10-12-8-6-5-7-9-12/h5-9,13H,4,10-11H2,1-3H3,(H,18,19). The molecule has 0 saturated carbocycles. The molecule has 1 aromatic carbocycles. The van der Waals surface area contributed by atoms with Gasteiger partial charge in [0, 0.05) is 5.54 Å². The van der Waals surface area contributed by atoms with Gasteiger partial charge in [0.1, 0.15) is 6.54 Å². The summed E-state index contributed by atoms with van der Waals surface area (Å²) in [4.78, 5) is 34.4. The predicted molar refractivity (Wildman–Crippen MR) is 83.2 cm³/mol. The molecule has 0 spiro atoms. The average molecular weight is 306 g/mol. The number of hydrogen-bond donors (Lipinski definition) is 1. The summed E-state index contributed by atoms with van der Waals surface area (Å²) in [5, 5.41) is 5.45. The molecule has 1 unspecified atom stereocenters. The van der Waals surface area contributed by atoms with Gasteiger partial charge >= 0.3 is 5.97 Å². The number of amides is 1. The van der Waals surface area contributed by atoms with E-state index in [0.29, 0.717) is 6.42 Å². The molecule has 0 aliphatic heterocycles. The fraction of sp³-hybridized carbons (Fsp3) is 0.500. The Morgan fingerprint density at radius 2 is 1.91 bits per heavy atom. The summed E-state index contributed by atoms with van der Waals surface area (Å²) >= 11 is 0. The van der Waals surface area contributed by atoms with Gasteiger partial charge in [-0.2, -0.15) is 4.91 Å². The summed E-state index contributed by atoms with van der Waals surface area (Å²) in [5.41, 5.74) is 0.500. The SMILES string of the molecule is CCOC(=O)C(CN=O)C(=O)NC(C)(C)Cc1ccccc1.